The second-order valence-electron chi connectivity index (χ2n) is 6.77. The van der Waals surface area contributed by atoms with Gasteiger partial charge in [-0.05, 0) is 23.5 Å². The van der Waals surface area contributed by atoms with Crippen LogP contribution in [-0.4, -0.2) is 36.6 Å². The first kappa shape index (κ1) is 19.8. The summed E-state index contributed by atoms with van der Waals surface area (Å²) in [5, 5.41) is 20.6. The fraction of sp³-hybridized carbons (Fsp3) is 0.250. The molecule has 3 aromatic carbocycles. The normalized spacial score (nSPS) is 13.1. The lowest BCUT2D eigenvalue weighted by molar-refractivity contribution is 0.198. The van der Waals surface area contributed by atoms with Gasteiger partial charge in [-0.3, -0.25) is 0 Å². The van der Waals surface area contributed by atoms with Gasteiger partial charge in [-0.25, -0.2) is 0 Å². The Kier molecular flexibility index (Phi) is 6.39. The maximum absolute atomic E-state index is 9.33. The molecule has 4 nitrogen and oxygen atoms in total. The van der Waals surface area contributed by atoms with E-state index in [0.29, 0.717) is 0 Å². The van der Waals surface area contributed by atoms with Gasteiger partial charge in [-0.15, -0.1) is 0 Å². The van der Waals surface area contributed by atoms with Gasteiger partial charge in [-0.2, -0.15) is 0 Å². The van der Waals surface area contributed by atoms with Gasteiger partial charge in [0.2, 0.25) is 0 Å². The minimum Gasteiger partial charge on any atom is -0.490 e. The maximum Gasteiger partial charge on any atom is 0.131 e. The van der Waals surface area contributed by atoms with Gasteiger partial charge in [0.05, 0.1) is 13.2 Å². The number of aliphatic hydroxyl groups is 2. The fourth-order valence-corrected chi connectivity index (χ4v) is 4.67. The summed E-state index contributed by atoms with van der Waals surface area (Å²) in [6, 6.07) is 18.3. The molecular weight excluding hydrogens is 384 g/mol. The maximum atomic E-state index is 9.33. The van der Waals surface area contributed by atoms with Crippen LogP contribution in [0.1, 0.15) is 11.1 Å². The summed E-state index contributed by atoms with van der Waals surface area (Å²) in [4.78, 5) is 2.47. The molecule has 29 heavy (non-hydrogen) atoms. The molecule has 0 unspecified atom stereocenters. The molecule has 4 rings (SSSR count). The van der Waals surface area contributed by atoms with Crippen molar-refractivity contribution >= 4 is 22.5 Å². The van der Waals surface area contributed by atoms with Crippen LogP contribution < -0.4 is 9.47 Å². The van der Waals surface area contributed by atoms with Crippen molar-refractivity contribution in [2.24, 2.45) is 0 Å². The number of allylic oxidation sites excluding steroid dienone is 2. The molecule has 0 fully saturated rings. The van der Waals surface area contributed by atoms with E-state index in [2.05, 4.69) is 18.2 Å². The first-order valence-corrected chi connectivity index (χ1v) is 10.6. The Morgan fingerprint density at radius 2 is 1.34 bits per heavy atom. The Labute approximate surface area is 174 Å². The van der Waals surface area contributed by atoms with E-state index in [9.17, 15) is 10.2 Å². The Morgan fingerprint density at radius 3 is 1.97 bits per heavy atom. The highest BCUT2D eigenvalue weighted by Gasteiger charge is 2.24. The van der Waals surface area contributed by atoms with E-state index in [4.69, 9.17) is 9.47 Å². The standard InChI is InChI=1S/C24H24O4S/c25-12-14-27-23-19-8-4-5-9-20(19)24(28-15-13-26)22-16-18(10-11-21(22)23)29-17-6-2-1-3-7-17/h1-10,25-26H,11-16H2. The number of fused-ring (bicyclic) bond motifs is 2. The van der Waals surface area contributed by atoms with Crippen molar-refractivity contribution in [3.63, 3.8) is 0 Å². The summed E-state index contributed by atoms with van der Waals surface area (Å²) < 4.78 is 12.0. The van der Waals surface area contributed by atoms with E-state index in [1.807, 2.05) is 42.5 Å². The minimum atomic E-state index is -0.0344. The van der Waals surface area contributed by atoms with Crippen LogP contribution in [0.25, 0.3) is 10.8 Å². The molecule has 3 aromatic rings. The highest BCUT2D eigenvalue weighted by molar-refractivity contribution is 8.03. The smallest absolute Gasteiger partial charge is 0.131 e. The van der Waals surface area contributed by atoms with E-state index in [1.54, 1.807) is 11.8 Å². The van der Waals surface area contributed by atoms with E-state index < -0.39 is 0 Å². The lowest BCUT2D eigenvalue weighted by atomic mass is 9.90. The zero-order valence-corrected chi connectivity index (χ0v) is 17.0. The van der Waals surface area contributed by atoms with Crippen molar-refractivity contribution < 1.29 is 19.7 Å². The number of hydrogen-bond acceptors (Lipinski definition) is 5. The Hall–Kier alpha value is -2.47. The van der Waals surface area contributed by atoms with E-state index in [-0.39, 0.29) is 26.4 Å². The van der Waals surface area contributed by atoms with Crippen molar-refractivity contribution in [3.8, 4) is 11.5 Å². The van der Waals surface area contributed by atoms with Crippen LogP contribution >= 0.6 is 11.8 Å². The van der Waals surface area contributed by atoms with Gasteiger partial charge in [-0.1, -0.05) is 60.3 Å². The van der Waals surface area contributed by atoms with Crippen LogP contribution in [0.5, 0.6) is 11.5 Å². The molecule has 0 saturated heterocycles. The number of ether oxygens (including phenoxy) is 2. The molecule has 5 heteroatoms. The second kappa shape index (κ2) is 9.35. The molecule has 1 aliphatic rings. The van der Waals surface area contributed by atoms with Crippen molar-refractivity contribution in [2.75, 3.05) is 26.4 Å². The molecule has 0 aromatic heterocycles. The molecule has 2 N–H and O–H groups in total. The van der Waals surface area contributed by atoms with Crippen LogP contribution in [0.15, 0.2) is 70.5 Å². The van der Waals surface area contributed by atoms with Crippen LogP contribution in [-0.2, 0) is 12.8 Å². The monoisotopic (exact) mass is 408 g/mol. The van der Waals surface area contributed by atoms with Crippen molar-refractivity contribution in [1.29, 1.82) is 0 Å². The lowest BCUT2D eigenvalue weighted by Crippen LogP contribution is -2.12. The largest absolute Gasteiger partial charge is 0.490 e. The van der Waals surface area contributed by atoms with Gasteiger partial charge in [0.25, 0.3) is 0 Å². The zero-order chi connectivity index (χ0) is 20.1. The third kappa shape index (κ3) is 4.27. The van der Waals surface area contributed by atoms with Gasteiger partial charge in [0.15, 0.2) is 0 Å². The van der Waals surface area contributed by atoms with E-state index in [0.717, 1.165) is 46.2 Å². The number of hydrogen-bond donors (Lipinski definition) is 2. The van der Waals surface area contributed by atoms with E-state index in [1.165, 1.54) is 9.80 Å². The lowest BCUT2D eigenvalue weighted by Gasteiger charge is -2.25. The Morgan fingerprint density at radius 1 is 0.759 bits per heavy atom. The quantitative estimate of drug-likeness (QED) is 0.580. The Bertz CT molecular complexity index is 1010. The molecule has 1 aliphatic carbocycles. The molecule has 0 saturated carbocycles. The molecule has 0 bridgehead atoms. The summed E-state index contributed by atoms with van der Waals surface area (Å²) in [6.45, 7) is 0.435. The predicted molar refractivity (Wildman–Crippen MR) is 117 cm³/mol. The number of benzene rings is 3. The van der Waals surface area contributed by atoms with Crippen LogP contribution in [0.4, 0.5) is 0 Å². The molecule has 0 amide bonds. The number of thioether (sulfide) groups is 1. The summed E-state index contributed by atoms with van der Waals surface area (Å²) in [5.41, 5.74) is 2.20. The number of rotatable bonds is 8. The average molecular weight is 409 g/mol. The fourth-order valence-electron chi connectivity index (χ4n) is 3.69. The van der Waals surface area contributed by atoms with Crippen LogP contribution in [0.3, 0.4) is 0 Å². The second-order valence-corrected chi connectivity index (χ2v) is 7.97. The average Bonchev–Trinajstić information content (AvgIpc) is 2.77. The SMILES string of the molecule is OCCOc1c2c(c(OCCO)c3ccccc13)CC(Sc1ccccc1)=CC2. The third-order valence-electron chi connectivity index (χ3n) is 4.88. The summed E-state index contributed by atoms with van der Waals surface area (Å²) in [7, 11) is 0. The minimum absolute atomic E-state index is 0.0309. The summed E-state index contributed by atoms with van der Waals surface area (Å²) >= 11 is 1.77. The first-order valence-electron chi connectivity index (χ1n) is 9.77. The zero-order valence-electron chi connectivity index (χ0n) is 16.1. The topological polar surface area (TPSA) is 58.9 Å². The molecular formula is C24H24O4S. The first-order chi connectivity index (χ1) is 14.3. The predicted octanol–water partition coefficient (Wildman–Crippen LogP) is 4.36. The highest BCUT2D eigenvalue weighted by Crippen LogP contribution is 2.46. The van der Waals surface area contributed by atoms with Crippen molar-refractivity contribution in [3.05, 3.63) is 76.7 Å². The van der Waals surface area contributed by atoms with E-state index >= 15 is 0 Å². The highest BCUT2D eigenvalue weighted by atomic mass is 32.2. The number of aliphatic hydroxyl groups excluding tert-OH is 2. The molecule has 150 valence electrons. The summed E-state index contributed by atoms with van der Waals surface area (Å²) in [5.74, 6) is 1.64. The summed E-state index contributed by atoms with van der Waals surface area (Å²) in [6.07, 6.45) is 3.73. The Balaban J connectivity index is 1.79. The molecule has 0 atom stereocenters. The van der Waals surface area contributed by atoms with Gasteiger partial charge in [0, 0.05) is 33.2 Å². The van der Waals surface area contributed by atoms with Crippen molar-refractivity contribution in [2.45, 2.75) is 17.7 Å². The third-order valence-corrected chi connectivity index (χ3v) is 5.96. The van der Waals surface area contributed by atoms with Gasteiger partial charge < -0.3 is 19.7 Å². The molecule has 0 spiro atoms. The van der Waals surface area contributed by atoms with Crippen LogP contribution in [0, 0.1) is 0 Å². The van der Waals surface area contributed by atoms with Crippen LogP contribution in [0.2, 0.25) is 0 Å². The van der Waals surface area contributed by atoms with Crippen molar-refractivity contribution in [1.82, 2.24) is 0 Å². The molecule has 0 heterocycles. The molecule has 0 radical (unpaired) electrons. The van der Waals surface area contributed by atoms with Gasteiger partial charge >= 0.3 is 0 Å². The van der Waals surface area contributed by atoms with Gasteiger partial charge in [0.1, 0.15) is 24.7 Å². The molecule has 0 aliphatic heterocycles.